The lowest BCUT2D eigenvalue weighted by Gasteiger charge is -2.36. The number of aryl methyl sites for hydroxylation is 1. The second kappa shape index (κ2) is 7.21. The van der Waals surface area contributed by atoms with Crippen LogP contribution in [0.5, 0.6) is 5.88 Å². The van der Waals surface area contributed by atoms with Gasteiger partial charge >= 0.3 is 0 Å². The van der Waals surface area contributed by atoms with Crippen molar-refractivity contribution < 1.29 is 4.74 Å². The molecule has 0 radical (unpaired) electrons. The van der Waals surface area contributed by atoms with E-state index in [9.17, 15) is 0 Å². The lowest BCUT2D eigenvalue weighted by molar-refractivity contribution is 0.246. The van der Waals surface area contributed by atoms with Gasteiger partial charge in [0.2, 0.25) is 5.88 Å². The second-order valence-electron chi connectivity index (χ2n) is 6.50. The van der Waals surface area contributed by atoms with Crippen molar-refractivity contribution in [3.8, 4) is 5.88 Å². The van der Waals surface area contributed by atoms with E-state index in [4.69, 9.17) is 4.74 Å². The van der Waals surface area contributed by atoms with Gasteiger partial charge in [0.1, 0.15) is 6.33 Å². The van der Waals surface area contributed by atoms with Crippen LogP contribution in [0.3, 0.4) is 0 Å². The number of hydrogen-bond acceptors (Lipinski definition) is 7. The number of benzene rings is 1. The van der Waals surface area contributed by atoms with Crippen LogP contribution in [-0.2, 0) is 6.54 Å². The molecule has 0 spiro atoms. The first-order chi connectivity index (χ1) is 12.7. The Morgan fingerprint density at radius 3 is 2.69 bits per heavy atom. The largest absolute Gasteiger partial charge is 0.480 e. The molecule has 0 N–H and O–H groups in total. The van der Waals surface area contributed by atoms with Crippen molar-refractivity contribution in [1.82, 2.24) is 24.8 Å². The third-order valence-corrected chi connectivity index (χ3v) is 4.70. The Kier molecular flexibility index (Phi) is 4.62. The van der Waals surface area contributed by atoms with Crippen LogP contribution in [0.1, 0.15) is 11.4 Å². The van der Waals surface area contributed by atoms with Crippen LogP contribution >= 0.6 is 0 Å². The monoisotopic (exact) mass is 350 g/mol. The standard InChI is InChI=1S/C19H22N6O/c1-14-10-20-11-15(23-14)12-24-5-7-25(8-6-24)16-3-4-18-17(9-16)19(26-2)22-13-21-18/h3-4,9-11,13H,5-8,12H2,1-2H3. The van der Waals surface area contributed by atoms with E-state index in [-0.39, 0.29) is 0 Å². The lowest BCUT2D eigenvalue weighted by atomic mass is 10.2. The van der Waals surface area contributed by atoms with Crippen molar-refractivity contribution in [1.29, 1.82) is 0 Å². The number of ether oxygens (including phenoxy) is 1. The highest BCUT2D eigenvalue weighted by Crippen LogP contribution is 2.27. The summed E-state index contributed by atoms with van der Waals surface area (Å²) >= 11 is 0. The second-order valence-corrected chi connectivity index (χ2v) is 6.50. The fourth-order valence-electron chi connectivity index (χ4n) is 3.37. The molecule has 1 aromatic carbocycles. The molecule has 1 fully saturated rings. The number of rotatable bonds is 4. The van der Waals surface area contributed by atoms with Gasteiger partial charge in [-0.05, 0) is 25.1 Å². The summed E-state index contributed by atoms with van der Waals surface area (Å²) in [7, 11) is 1.64. The molecular weight excluding hydrogens is 328 g/mol. The van der Waals surface area contributed by atoms with Gasteiger partial charge in [0.05, 0.1) is 29.4 Å². The van der Waals surface area contributed by atoms with E-state index in [1.807, 2.05) is 19.2 Å². The predicted octanol–water partition coefficient (Wildman–Crippen LogP) is 2.06. The Morgan fingerprint density at radius 1 is 1.08 bits per heavy atom. The molecule has 0 bridgehead atoms. The van der Waals surface area contributed by atoms with Gasteiger partial charge in [-0.1, -0.05) is 0 Å². The molecule has 3 heterocycles. The number of hydrogen-bond donors (Lipinski definition) is 0. The van der Waals surface area contributed by atoms with E-state index in [0.29, 0.717) is 5.88 Å². The maximum Gasteiger partial charge on any atom is 0.224 e. The predicted molar refractivity (Wildman–Crippen MR) is 100 cm³/mol. The molecule has 134 valence electrons. The third kappa shape index (κ3) is 3.43. The molecule has 1 aliphatic heterocycles. The van der Waals surface area contributed by atoms with Gasteiger partial charge in [-0.25, -0.2) is 9.97 Å². The van der Waals surface area contributed by atoms with Crippen LogP contribution in [0, 0.1) is 6.92 Å². The van der Waals surface area contributed by atoms with Crippen molar-refractivity contribution in [2.24, 2.45) is 0 Å². The first-order valence-electron chi connectivity index (χ1n) is 8.76. The average molecular weight is 350 g/mol. The molecule has 1 aliphatic rings. The smallest absolute Gasteiger partial charge is 0.224 e. The highest BCUT2D eigenvalue weighted by atomic mass is 16.5. The highest BCUT2D eigenvalue weighted by molar-refractivity contribution is 5.86. The van der Waals surface area contributed by atoms with Crippen LogP contribution in [0.25, 0.3) is 10.9 Å². The summed E-state index contributed by atoms with van der Waals surface area (Å²) in [5.74, 6) is 0.619. The number of piperazine rings is 1. The van der Waals surface area contributed by atoms with Crippen molar-refractivity contribution in [3.05, 3.63) is 48.3 Å². The number of nitrogens with zero attached hydrogens (tertiary/aromatic N) is 6. The zero-order valence-corrected chi connectivity index (χ0v) is 15.1. The number of aromatic nitrogens is 4. The summed E-state index contributed by atoms with van der Waals surface area (Å²) in [4.78, 5) is 22.1. The zero-order chi connectivity index (χ0) is 17.9. The Balaban J connectivity index is 1.45. The summed E-state index contributed by atoms with van der Waals surface area (Å²) in [6, 6.07) is 6.27. The van der Waals surface area contributed by atoms with E-state index < -0.39 is 0 Å². The van der Waals surface area contributed by atoms with Crippen LogP contribution in [0.2, 0.25) is 0 Å². The summed E-state index contributed by atoms with van der Waals surface area (Å²) < 4.78 is 5.37. The Labute approximate surface area is 152 Å². The van der Waals surface area contributed by atoms with E-state index >= 15 is 0 Å². The van der Waals surface area contributed by atoms with Crippen LogP contribution < -0.4 is 9.64 Å². The van der Waals surface area contributed by atoms with Crippen LogP contribution in [-0.4, -0.2) is 58.1 Å². The fourth-order valence-corrected chi connectivity index (χ4v) is 3.37. The third-order valence-electron chi connectivity index (χ3n) is 4.70. The van der Waals surface area contributed by atoms with Crippen molar-refractivity contribution in [2.75, 3.05) is 38.2 Å². The maximum absolute atomic E-state index is 5.37. The molecule has 26 heavy (non-hydrogen) atoms. The van der Waals surface area contributed by atoms with Crippen molar-refractivity contribution in [3.63, 3.8) is 0 Å². The highest BCUT2D eigenvalue weighted by Gasteiger charge is 2.18. The molecule has 4 rings (SSSR count). The van der Waals surface area contributed by atoms with Gasteiger partial charge in [0.15, 0.2) is 0 Å². The molecule has 0 aliphatic carbocycles. The molecule has 0 saturated carbocycles. The molecule has 7 heteroatoms. The fraction of sp³-hybridized carbons (Fsp3) is 0.368. The molecule has 0 atom stereocenters. The number of anilines is 1. The number of fused-ring (bicyclic) bond motifs is 1. The normalized spacial score (nSPS) is 15.4. The molecule has 0 unspecified atom stereocenters. The van der Waals surface area contributed by atoms with Gasteiger partial charge in [-0.3, -0.25) is 14.9 Å². The first-order valence-corrected chi connectivity index (χ1v) is 8.76. The average Bonchev–Trinajstić information content (AvgIpc) is 2.68. The van der Waals surface area contributed by atoms with Gasteiger partial charge < -0.3 is 9.64 Å². The Bertz CT molecular complexity index is 907. The van der Waals surface area contributed by atoms with Gasteiger partial charge in [-0.15, -0.1) is 0 Å². The molecule has 3 aromatic rings. The molecule has 0 amide bonds. The van der Waals surface area contributed by atoms with E-state index in [0.717, 1.165) is 55.0 Å². The van der Waals surface area contributed by atoms with Gasteiger partial charge in [0, 0.05) is 50.8 Å². The van der Waals surface area contributed by atoms with E-state index in [1.54, 1.807) is 13.3 Å². The first kappa shape index (κ1) is 16.7. The minimum atomic E-state index is 0.619. The Morgan fingerprint density at radius 2 is 1.92 bits per heavy atom. The summed E-state index contributed by atoms with van der Waals surface area (Å²) in [6.45, 7) is 6.77. The quantitative estimate of drug-likeness (QED) is 0.713. The summed E-state index contributed by atoms with van der Waals surface area (Å²) in [5, 5.41) is 0.949. The van der Waals surface area contributed by atoms with Gasteiger partial charge in [-0.2, -0.15) is 0 Å². The minimum Gasteiger partial charge on any atom is -0.480 e. The van der Waals surface area contributed by atoms with Crippen LogP contribution in [0.4, 0.5) is 5.69 Å². The zero-order valence-electron chi connectivity index (χ0n) is 15.1. The van der Waals surface area contributed by atoms with Crippen molar-refractivity contribution in [2.45, 2.75) is 13.5 Å². The van der Waals surface area contributed by atoms with Crippen LogP contribution in [0.15, 0.2) is 36.9 Å². The molecule has 7 nitrogen and oxygen atoms in total. The van der Waals surface area contributed by atoms with Crippen molar-refractivity contribution >= 4 is 16.6 Å². The molecule has 1 saturated heterocycles. The van der Waals surface area contributed by atoms with E-state index in [2.05, 4.69) is 41.9 Å². The SMILES string of the molecule is COc1ncnc2ccc(N3CCN(Cc4cncc(C)n4)CC3)cc12. The number of methoxy groups -OCH3 is 1. The maximum atomic E-state index is 5.37. The van der Waals surface area contributed by atoms with Gasteiger partial charge in [0.25, 0.3) is 0 Å². The minimum absolute atomic E-state index is 0.619. The Hall–Kier alpha value is -2.80. The summed E-state index contributed by atoms with van der Waals surface area (Å²) in [6.07, 6.45) is 5.18. The topological polar surface area (TPSA) is 67.3 Å². The summed E-state index contributed by atoms with van der Waals surface area (Å²) in [5.41, 5.74) is 4.08. The molecular formula is C19H22N6O. The molecule has 2 aromatic heterocycles. The van der Waals surface area contributed by atoms with E-state index in [1.165, 1.54) is 12.0 Å². The lowest BCUT2D eigenvalue weighted by Crippen LogP contribution is -2.46.